The number of carbonyl (C=O) groups excluding carboxylic acids is 4. The third-order valence-corrected chi connectivity index (χ3v) is 6.83. The number of nitrogens with zero attached hydrogens (tertiary/aromatic N) is 1. The van der Waals surface area contributed by atoms with E-state index in [-0.39, 0.29) is 12.5 Å². The van der Waals surface area contributed by atoms with Crippen LogP contribution in [0, 0.1) is 0 Å². The second-order valence-corrected chi connectivity index (χ2v) is 12.8. The Labute approximate surface area is 254 Å². The predicted molar refractivity (Wildman–Crippen MR) is 162 cm³/mol. The van der Waals surface area contributed by atoms with E-state index < -0.39 is 59.8 Å². The molecule has 0 radical (unpaired) electrons. The molecule has 0 aromatic heterocycles. The van der Waals surface area contributed by atoms with Crippen LogP contribution in [0.15, 0.2) is 60.7 Å². The molecule has 2 aromatic rings. The Morgan fingerprint density at radius 3 is 1.88 bits per heavy atom. The van der Waals surface area contributed by atoms with Crippen molar-refractivity contribution in [2.24, 2.45) is 0 Å². The van der Waals surface area contributed by atoms with E-state index in [2.05, 4.69) is 10.6 Å². The van der Waals surface area contributed by atoms with Gasteiger partial charge in [-0.15, -0.1) is 0 Å². The van der Waals surface area contributed by atoms with Gasteiger partial charge in [0.15, 0.2) is 0 Å². The smallest absolute Gasteiger partial charge is 0.408 e. The first-order valence-electron chi connectivity index (χ1n) is 14.7. The van der Waals surface area contributed by atoms with E-state index in [9.17, 15) is 24.3 Å². The lowest BCUT2D eigenvalue weighted by molar-refractivity contribution is -0.159. The Morgan fingerprint density at radius 1 is 0.837 bits per heavy atom. The van der Waals surface area contributed by atoms with E-state index >= 15 is 0 Å². The zero-order chi connectivity index (χ0) is 31.8. The molecule has 0 aliphatic heterocycles. The van der Waals surface area contributed by atoms with Gasteiger partial charge in [0.25, 0.3) is 0 Å². The van der Waals surface area contributed by atoms with E-state index in [4.69, 9.17) is 9.47 Å². The SMILES string of the molecule is CC(C)(C)OC(=O)NC(CO)C(=O)N(C1CCC1)C(C(=O)NC(Cc1ccccc1)C(=O)OC(C)(C)C)c1ccccc1. The van der Waals surface area contributed by atoms with Gasteiger partial charge in [-0.2, -0.15) is 0 Å². The maximum atomic E-state index is 14.2. The van der Waals surface area contributed by atoms with Gasteiger partial charge in [0.1, 0.15) is 29.3 Å². The summed E-state index contributed by atoms with van der Waals surface area (Å²) in [6, 6.07) is 14.2. The highest BCUT2D eigenvalue weighted by Crippen LogP contribution is 2.34. The summed E-state index contributed by atoms with van der Waals surface area (Å²) in [5, 5.41) is 15.5. The van der Waals surface area contributed by atoms with Crippen molar-refractivity contribution in [2.45, 2.75) is 103 Å². The number of hydrogen-bond donors (Lipinski definition) is 3. The average Bonchev–Trinajstić information content (AvgIpc) is 2.89. The van der Waals surface area contributed by atoms with Gasteiger partial charge in [0, 0.05) is 12.5 Å². The van der Waals surface area contributed by atoms with Gasteiger partial charge in [0.2, 0.25) is 11.8 Å². The Morgan fingerprint density at radius 2 is 1.40 bits per heavy atom. The predicted octanol–water partition coefficient (Wildman–Crippen LogP) is 4.06. The van der Waals surface area contributed by atoms with Gasteiger partial charge >= 0.3 is 12.1 Å². The fraction of sp³-hybridized carbons (Fsp3) is 0.515. The molecular formula is C33H45N3O7. The summed E-state index contributed by atoms with van der Waals surface area (Å²) >= 11 is 0. The van der Waals surface area contributed by atoms with Crippen LogP contribution in [0.4, 0.5) is 4.79 Å². The molecule has 1 aliphatic carbocycles. The first-order chi connectivity index (χ1) is 20.2. The minimum Gasteiger partial charge on any atom is -0.458 e. The fourth-order valence-corrected chi connectivity index (χ4v) is 4.74. The van der Waals surface area contributed by atoms with E-state index in [0.29, 0.717) is 18.4 Å². The van der Waals surface area contributed by atoms with Crippen molar-refractivity contribution in [3.8, 4) is 0 Å². The molecular weight excluding hydrogens is 550 g/mol. The highest BCUT2D eigenvalue weighted by atomic mass is 16.6. The maximum absolute atomic E-state index is 14.2. The third kappa shape index (κ3) is 10.1. The van der Waals surface area contributed by atoms with Crippen LogP contribution in [-0.2, 0) is 30.3 Å². The van der Waals surface area contributed by atoms with Crippen LogP contribution in [0.5, 0.6) is 0 Å². The molecule has 3 amide bonds. The van der Waals surface area contributed by atoms with Crippen molar-refractivity contribution in [2.75, 3.05) is 6.61 Å². The number of benzene rings is 2. The van der Waals surface area contributed by atoms with Gasteiger partial charge in [-0.25, -0.2) is 9.59 Å². The molecule has 10 nitrogen and oxygen atoms in total. The van der Waals surface area contributed by atoms with E-state index in [1.54, 1.807) is 71.9 Å². The minimum absolute atomic E-state index is 0.180. The van der Waals surface area contributed by atoms with Crippen LogP contribution >= 0.6 is 0 Å². The number of hydrogen-bond acceptors (Lipinski definition) is 7. The Kier molecular flexibility index (Phi) is 11.3. The minimum atomic E-state index is -1.35. The largest absolute Gasteiger partial charge is 0.458 e. The molecule has 2 aromatic carbocycles. The lowest BCUT2D eigenvalue weighted by atomic mass is 9.88. The molecule has 3 atom stereocenters. The van der Waals surface area contributed by atoms with Crippen LogP contribution in [0.3, 0.4) is 0 Å². The van der Waals surface area contributed by atoms with E-state index in [0.717, 1.165) is 12.0 Å². The summed E-state index contributed by atoms with van der Waals surface area (Å²) in [6.45, 7) is 9.63. The lowest BCUT2D eigenvalue weighted by Gasteiger charge is -2.43. The first-order valence-corrected chi connectivity index (χ1v) is 14.7. The lowest BCUT2D eigenvalue weighted by Crippen LogP contribution is -2.59. The van der Waals surface area contributed by atoms with Crippen LogP contribution in [-0.4, -0.2) is 69.8 Å². The summed E-state index contributed by atoms with van der Waals surface area (Å²) in [7, 11) is 0. The van der Waals surface area contributed by atoms with Crippen LogP contribution < -0.4 is 10.6 Å². The van der Waals surface area contributed by atoms with Crippen molar-refractivity contribution in [3.63, 3.8) is 0 Å². The van der Waals surface area contributed by atoms with Gasteiger partial charge in [-0.3, -0.25) is 9.59 Å². The summed E-state index contributed by atoms with van der Waals surface area (Å²) in [6.07, 6.45) is 1.47. The Bertz CT molecular complexity index is 1230. The normalized spacial score (nSPS) is 15.7. The average molecular weight is 596 g/mol. The highest BCUT2D eigenvalue weighted by molar-refractivity contribution is 5.94. The number of aliphatic hydroxyl groups excluding tert-OH is 1. The molecule has 0 bridgehead atoms. The first kappa shape index (κ1) is 33.6. The van der Waals surface area contributed by atoms with Crippen LogP contribution in [0.2, 0.25) is 0 Å². The molecule has 1 aliphatic rings. The summed E-state index contributed by atoms with van der Waals surface area (Å²) in [5.41, 5.74) is -0.256. The fourth-order valence-electron chi connectivity index (χ4n) is 4.74. The number of ether oxygens (including phenoxy) is 2. The Hall–Kier alpha value is -3.92. The topological polar surface area (TPSA) is 134 Å². The van der Waals surface area contributed by atoms with Crippen molar-refractivity contribution in [3.05, 3.63) is 71.8 Å². The maximum Gasteiger partial charge on any atom is 0.408 e. The molecule has 3 N–H and O–H groups in total. The molecule has 43 heavy (non-hydrogen) atoms. The molecule has 0 heterocycles. The number of amides is 3. The van der Waals surface area contributed by atoms with Crippen molar-refractivity contribution in [1.29, 1.82) is 0 Å². The summed E-state index contributed by atoms with van der Waals surface area (Å²) < 4.78 is 11.0. The van der Waals surface area contributed by atoms with Gasteiger partial charge in [-0.05, 0) is 71.9 Å². The molecule has 1 saturated carbocycles. The van der Waals surface area contributed by atoms with Crippen LogP contribution in [0.25, 0.3) is 0 Å². The Balaban J connectivity index is 1.98. The van der Waals surface area contributed by atoms with Gasteiger partial charge in [-0.1, -0.05) is 60.7 Å². The standard InChI is InChI=1S/C33H45N3O7/c1-32(2,3)42-30(40)25(20-22-14-9-7-10-15-22)34-28(38)27(23-16-11-8-12-17-23)36(24-18-13-19-24)29(39)26(21-37)35-31(41)43-33(4,5)6/h7-12,14-17,24-27,37H,13,18-21H2,1-6H3,(H,34,38)(H,35,41). The zero-order valence-electron chi connectivity index (χ0n) is 26.0. The zero-order valence-corrected chi connectivity index (χ0v) is 26.0. The summed E-state index contributed by atoms with van der Waals surface area (Å²) in [5.74, 6) is -1.80. The number of aliphatic hydroxyl groups is 1. The van der Waals surface area contributed by atoms with Crippen molar-refractivity contribution >= 4 is 23.9 Å². The highest BCUT2D eigenvalue weighted by Gasteiger charge is 2.43. The summed E-state index contributed by atoms with van der Waals surface area (Å²) in [4.78, 5) is 55.6. The quantitative estimate of drug-likeness (QED) is 0.334. The molecule has 234 valence electrons. The van der Waals surface area contributed by atoms with Crippen molar-refractivity contribution < 1.29 is 33.8 Å². The molecule has 0 spiro atoms. The van der Waals surface area contributed by atoms with Crippen LogP contribution in [0.1, 0.15) is 78.0 Å². The van der Waals surface area contributed by atoms with Gasteiger partial charge in [0.05, 0.1) is 6.61 Å². The number of alkyl carbamates (subject to hydrolysis) is 1. The third-order valence-electron chi connectivity index (χ3n) is 6.83. The second kappa shape index (κ2) is 14.5. The number of esters is 1. The number of nitrogens with one attached hydrogen (secondary N) is 2. The molecule has 1 fully saturated rings. The van der Waals surface area contributed by atoms with E-state index in [1.807, 2.05) is 30.3 Å². The number of carbonyl (C=O) groups is 4. The molecule has 10 heteroatoms. The van der Waals surface area contributed by atoms with E-state index in [1.165, 1.54) is 4.90 Å². The molecule has 0 saturated heterocycles. The monoisotopic (exact) mass is 595 g/mol. The molecule has 3 rings (SSSR count). The van der Waals surface area contributed by atoms with Crippen molar-refractivity contribution in [1.82, 2.24) is 15.5 Å². The second-order valence-electron chi connectivity index (χ2n) is 12.8. The van der Waals surface area contributed by atoms with Gasteiger partial charge < -0.3 is 30.1 Å². The molecule has 3 unspecified atom stereocenters. The number of rotatable bonds is 11.